The van der Waals surface area contributed by atoms with Gasteiger partial charge in [-0.3, -0.25) is 0 Å². The molecule has 1 aliphatic carbocycles. The molecule has 2 heteroatoms. The van der Waals surface area contributed by atoms with Crippen molar-refractivity contribution in [2.75, 3.05) is 14.1 Å². The van der Waals surface area contributed by atoms with Gasteiger partial charge in [-0.1, -0.05) is 26.2 Å². The predicted molar refractivity (Wildman–Crippen MR) is 71.9 cm³/mol. The average molecular weight is 226 g/mol. The second kappa shape index (κ2) is 7.29. The van der Waals surface area contributed by atoms with Crippen molar-refractivity contribution >= 4 is 0 Å². The minimum Gasteiger partial charge on any atom is -0.311 e. The van der Waals surface area contributed by atoms with Crippen molar-refractivity contribution in [2.45, 2.75) is 76.9 Å². The maximum absolute atomic E-state index is 3.81. The second-order valence-corrected chi connectivity index (χ2v) is 5.69. The number of hydrogen-bond acceptors (Lipinski definition) is 2. The van der Waals surface area contributed by atoms with Gasteiger partial charge in [0, 0.05) is 18.1 Å². The molecule has 0 aromatic carbocycles. The van der Waals surface area contributed by atoms with E-state index in [2.05, 4.69) is 38.2 Å². The molecule has 0 spiro atoms. The van der Waals surface area contributed by atoms with Gasteiger partial charge in [0.2, 0.25) is 0 Å². The summed E-state index contributed by atoms with van der Waals surface area (Å²) in [4.78, 5) is 2.39. The van der Waals surface area contributed by atoms with E-state index in [0.717, 1.165) is 12.1 Å². The first kappa shape index (κ1) is 14.0. The number of rotatable bonds is 6. The normalized spacial score (nSPS) is 28.3. The molecule has 2 nitrogen and oxygen atoms in total. The number of nitrogens with zero attached hydrogens (tertiary/aromatic N) is 1. The summed E-state index contributed by atoms with van der Waals surface area (Å²) in [5.74, 6) is 0. The van der Waals surface area contributed by atoms with Crippen LogP contribution in [0.25, 0.3) is 0 Å². The maximum Gasteiger partial charge on any atom is 0.0104 e. The van der Waals surface area contributed by atoms with Crippen molar-refractivity contribution in [3.63, 3.8) is 0 Å². The van der Waals surface area contributed by atoms with Crippen LogP contribution in [0.15, 0.2) is 0 Å². The van der Waals surface area contributed by atoms with Crippen LogP contribution in [-0.4, -0.2) is 37.1 Å². The molecule has 3 atom stereocenters. The van der Waals surface area contributed by atoms with Crippen molar-refractivity contribution in [1.29, 1.82) is 0 Å². The Kier molecular flexibility index (Phi) is 6.37. The van der Waals surface area contributed by atoms with E-state index in [1.165, 1.54) is 44.9 Å². The molecule has 96 valence electrons. The maximum atomic E-state index is 3.81. The van der Waals surface area contributed by atoms with Gasteiger partial charge in [0.15, 0.2) is 0 Å². The zero-order valence-corrected chi connectivity index (χ0v) is 11.6. The van der Waals surface area contributed by atoms with Crippen LogP contribution in [0.1, 0.15) is 58.8 Å². The lowest BCUT2D eigenvalue weighted by atomic mass is 9.89. The summed E-state index contributed by atoms with van der Waals surface area (Å²) in [5.41, 5.74) is 0. The van der Waals surface area contributed by atoms with Crippen molar-refractivity contribution in [2.24, 2.45) is 0 Å². The van der Waals surface area contributed by atoms with Gasteiger partial charge in [-0.2, -0.15) is 0 Å². The summed E-state index contributed by atoms with van der Waals surface area (Å²) in [6.07, 6.45) is 9.49. The smallest absolute Gasteiger partial charge is 0.0104 e. The van der Waals surface area contributed by atoms with E-state index in [-0.39, 0.29) is 0 Å². The summed E-state index contributed by atoms with van der Waals surface area (Å²) in [5, 5.41) is 3.81. The fraction of sp³-hybridized carbons (Fsp3) is 1.00. The minimum atomic E-state index is 0.700. The predicted octanol–water partition coefficient (Wildman–Crippen LogP) is 3.03. The van der Waals surface area contributed by atoms with Crippen molar-refractivity contribution in [3.8, 4) is 0 Å². The van der Waals surface area contributed by atoms with E-state index in [1.807, 2.05) is 0 Å². The molecule has 0 amide bonds. The highest BCUT2D eigenvalue weighted by Crippen LogP contribution is 2.22. The Bertz CT molecular complexity index is 180. The van der Waals surface area contributed by atoms with Gasteiger partial charge in [0.25, 0.3) is 0 Å². The zero-order chi connectivity index (χ0) is 12.0. The van der Waals surface area contributed by atoms with Crippen molar-refractivity contribution < 1.29 is 0 Å². The van der Waals surface area contributed by atoms with E-state index in [1.54, 1.807) is 0 Å². The van der Waals surface area contributed by atoms with Crippen LogP contribution in [0, 0.1) is 0 Å². The first-order valence-electron chi connectivity index (χ1n) is 7.06. The minimum absolute atomic E-state index is 0.700. The largest absolute Gasteiger partial charge is 0.311 e. The Labute approximate surface area is 102 Å². The van der Waals surface area contributed by atoms with Crippen LogP contribution < -0.4 is 5.32 Å². The third-order valence-corrected chi connectivity index (χ3v) is 3.89. The standard InChI is InChI=1S/C14H30N2/c1-5-6-8-12(2)15-13-9-7-10-14(11-13)16(3)4/h12-15H,5-11H2,1-4H3. The molecule has 1 fully saturated rings. The van der Waals surface area contributed by atoms with E-state index >= 15 is 0 Å². The summed E-state index contributed by atoms with van der Waals surface area (Å²) in [6.45, 7) is 4.62. The topological polar surface area (TPSA) is 15.3 Å². The monoisotopic (exact) mass is 226 g/mol. The lowest BCUT2D eigenvalue weighted by Gasteiger charge is -2.35. The van der Waals surface area contributed by atoms with Crippen LogP contribution in [0.2, 0.25) is 0 Å². The molecule has 0 aliphatic heterocycles. The van der Waals surface area contributed by atoms with Crippen LogP contribution >= 0.6 is 0 Å². The quantitative estimate of drug-likeness (QED) is 0.749. The number of unbranched alkanes of at least 4 members (excludes halogenated alkanes) is 1. The molecule has 0 bridgehead atoms. The molecule has 1 N–H and O–H groups in total. The summed E-state index contributed by atoms with van der Waals surface area (Å²) in [7, 11) is 4.43. The fourth-order valence-electron chi connectivity index (χ4n) is 2.78. The van der Waals surface area contributed by atoms with Gasteiger partial charge in [0.1, 0.15) is 0 Å². The van der Waals surface area contributed by atoms with E-state index in [9.17, 15) is 0 Å². The molecular formula is C14H30N2. The molecule has 0 saturated heterocycles. The highest BCUT2D eigenvalue weighted by Gasteiger charge is 2.23. The average Bonchev–Trinajstić information content (AvgIpc) is 2.26. The van der Waals surface area contributed by atoms with E-state index in [4.69, 9.17) is 0 Å². The third kappa shape index (κ3) is 4.84. The van der Waals surface area contributed by atoms with Gasteiger partial charge in [-0.25, -0.2) is 0 Å². The van der Waals surface area contributed by atoms with E-state index in [0.29, 0.717) is 6.04 Å². The molecular weight excluding hydrogens is 196 g/mol. The molecule has 0 aromatic rings. The van der Waals surface area contributed by atoms with Gasteiger partial charge in [-0.15, -0.1) is 0 Å². The molecule has 3 unspecified atom stereocenters. The third-order valence-electron chi connectivity index (χ3n) is 3.89. The van der Waals surface area contributed by atoms with Crippen LogP contribution in [-0.2, 0) is 0 Å². The summed E-state index contributed by atoms with van der Waals surface area (Å²) < 4.78 is 0. The number of nitrogens with one attached hydrogen (secondary N) is 1. The first-order valence-corrected chi connectivity index (χ1v) is 7.06. The Morgan fingerprint density at radius 3 is 2.69 bits per heavy atom. The molecule has 0 radical (unpaired) electrons. The van der Waals surface area contributed by atoms with Crippen LogP contribution in [0.3, 0.4) is 0 Å². The second-order valence-electron chi connectivity index (χ2n) is 5.69. The first-order chi connectivity index (χ1) is 7.63. The Balaban J connectivity index is 2.25. The molecule has 1 rings (SSSR count). The van der Waals surface area contributed by atoms with E-state index < -0.39 is 0 Å². The van der Waals surface area contributed by atoms with Crippen molar-refractivity contribution in [1.82, 2.24) is 10.2 Å². The molecule has 16 heavy (non-hydrogen) atoms. The zero-order valence-electron chi connectivity index (χ0n) is 11.6. The van der Waals surface area contributed by atoms with Gasteiger partial charge in [-0.05, 0) is 46.7 Å². The van der Waals surface area contributed by atoms with Gasteiger partial charge >= 0.3 is 0 Å². The molecule has 1 aliphatic rings. The van der Waals surface area contributed by atoms with Crippen LogP contribution in [0.4, 0.5) is 0 Å². The molecule has 1 saturated carbocycles. The van der Waals surface area contributed by atoms with Gasteiger partial charge < -0.3 is 10.2 Å². The number of hydrogen-bond donors (Lipinski definition) is 1. The highest BCUT2D eigenvalue weighted by molar-refractivity contribution is 4.83. The molecule has 0 aromatic heterocycles. The fourth-order valence-corrected chi connectivity index (χ4v) is 2.78. The van der Waals surface area contributed by atoms with Crippen molar-refractivity contribution in [3.05, 3.63) is 0 Å². The highest BCUT2D eigenvalue weighted by atomic mass is 15.1. The lowest BCUT2D eigenvalue weighted by molar-refractivity contribution is 0.191. The van der Waals surface area contributed by atoms with Crippen LogP contribution in [0.5, 0.6) is 0 Å². The molecule has 0 heterocycles. The lowest BCUT2D eigenvalue weighted by Crippen LogP contribution is -2.44. The Hall–Kier alpha value is -0.0800. The summed E-state index contributed by atoms with van der Waals surface area (Å²) >= 11 is 0. The Morgan fingerprint density at radius 1 is 1.31 bits per heavy atom. The van der Waals surface area contributed by atoms with Gasteiger partial charge in [0.05, 0.1) is 0 Å². The Morgan fingerprint density at radius 2 is 2.06 bits per heavy atom. The summed E-state index contributed by atoms with van der Waals surface area (Å²) in [6, 6.07) is 2.25. The SMILES string of the molecule is CCCCC(C)NC1CCCC(N(C)C)C1.